The van der Waals surface area contributed by atoms with E-state index in [-0.39, 0.29) is 6.61 Å². The van der Waals surface area contributed by atoms with E-state index in [1.54, 1.807) is 0 Å². The van der Waals surface area contributed by atoms with Gasteiger partial charge in [-0.15, -0.1) is 0 Å². The van der Waals surface area contributed by atoms with Crippen LogP contribution in [0.3, 0.4) is 0 Å². The van der Waals surface area contributed by atoms with Crippen LogP contribution in [0.2, 0.25) is 0 Å². The van der Waals surface area contributed by atoms with Crippen LogP contribution in [0.1, 0.15) is 11.1 Å². The summed E-state index contributed by atoms with van der Waals surface area (Å²) in [5, 5.41) is 0. The van der Waals surface area contributed by atoms with Gasteiger partial charge in [0.2, 0.25) is 0 Å². The van der Waals surface area contributed by atoms with Crippen LogP contribution in [0.25, 0.3) is 0 Å². The van der Waals surface area contributed by atoms with Crippen molar-refractivity contribution < 1.29 is 9.53 Å². The molecule has 0 aliphatic heterocycles. The molecule has 1 rings (SSSR count). The first-order valence-electron chi connectivity index (χ1n) is 3.62. The molecule has 0 aliphatic carbocycles. The number of hydrogen-bond acceptors (Lipinski definition) is 2. The molecule has 0 saturated carbocycles. The summed E-state index contributed by atoms with van der Waals surface area (Å²) in [5.41, 5.74) is 8.57. The zero-order chi connectivity index (χ0) is 8.97. The maximum atomic E-state index is 10.1. The van der Waals surface area contributed by atoms with Crippen LogP contribution in [0.15, 0.2) is 24.3 Å². The quantitative estimate of drug-likeness (QED) is 0.670. The zero-order valence-electron chi connectivity index (χ0n) is 6.83. The van der Waals surface area contributed by atoms with Gasteiger partial charge in [0.05, 0.1) is 0 Å². The molecular weight excluding hydrogens is 154 g/mol. The average Bonchev–Trinajstić information content (AvgIpc) is 2.03. The molecule has 0 bridgehead atoms. The standard InChI is InChI=1S/C9H10NO2/c1-7-2-4-8(5-3-7)6-12-9(10)11/h2-5,10H,6H2,1H3. The average molecular weight is 164 g/mol. The third kappa shape index (κ3) is 2.62. The van der Waals surface area contributed by atoms with Crippen LogP contribution >= 0.6 is 0 Å². The lowest BCUT2D eigenvalue weighted by atomic mass is 10.2. The molecule has 0 aromatic heterocycles. The van der Waals surface area contributed by atoms with Crippen LogP contribution in [0.5, 0.6) is 0 Å². The molecule has 0 heterocycles. The molecular formula is C9H10NO2. The van der Waals surface area contributed by atoms with Gasteiger partial charge in [-0.3, -0.25) is 0 Å². The summed E-state index contributed by atoms with van der Waals surface area (Å²) in [6.07, 6.45) is -0.990. The Labute approximate surface area is 71.1 Å². The molecule has 1 radical (unpaired) electrons. The van der Waals surface area contributed by atoms with Gasteiger partial charge in [-0.05, 0) is 12.5 Å². The topological polar surface area (TPSA) is 50.1 Å². The fraction of sp³-hybridized carbons (Fsp3) is 0.222. The summed E-state index contributed by atoms with van der Waals surface area (Å²) in [6.45, 7) is 2.17. The molecule has 63 valence electrons. The van der Waals surface area contributed by atoms with Gasteiger partial charge in [-0.2, -0.15) is 0 Å². The number of carbonyl (C=O) groups excluding carboxylic acids is 1. The monoisotopic (exact) mass is 164 g/mol. The molecule has 0 aliphatic rings. The van der Waals surface area contributed by atoms with E-state index in [9.17, 15) is 4.79 Å². The Bertz CT molecular complexity index is 266. The van der Waals surface area contributed by atoms with Crippen molar-refractivity contribution in [2.75, 3.05) is 0 Å². The SMILES string of the molecule is Cc1ccc(COC([NH])=O)cc1. The van der Waals surface area contributed by atoms with E-state index in [0.29, 0.717) is 0 Å². The number of hydrogen-bond donors (Lipinski definition) is 0. The Hall–Kier alpha value is -1.51. The summed E-state index contributed by atoms with van der Waals surface area (Å²) in [6, 6.07) is 7.62. The molecule has 0 saturated heterocycles. The number of ether oxygens (including phenoxy) is 1. The lowest BCUT2D eigenvalue weighted by molar-refractivity contribution is 0.148. The van der Waals surface area contributed by atoms with Crippen molar-refractivity contribution in [3.05, 3.63) is 35.4 Å². The molecule has 1 amide bonds. The molecule has 0 fully saturated rings. The first-order valence-corrected chi connectivity index (χ1v) is 3.62. The molecule has 3 nitrogen and oxygen atoms in total. The summed E-state index contributed by atoms with van der Waals surface area (Å²) in [4.78, 5) is 10.1. The van der Waals surface area contributed by atoms with Gasteiger partial charge in [-0.1, -0.05) is 29.8 Å². The van der Waals surface area contributed by atoms with Crippen LogP contribution < -0.4 is 5.73 Å². The van der Waals surface area contributed by atoms with Crippen molar-refractivity contribution in [2.45, 2.75) is 13.5 Å². The minimum Gasteiger partial charge on any atom is -0.443 e. The first-order chi connectivity index (χ1) is 5.68. The first kappa shape index (κ1) is 8.59. The number of aryl methyl sites for hydroxylation is 1. The van der Waals surface area contributed by atoms with Crippen LogP contribution in [-0.4, -0.2) is 6.09 Å². The van der Waals surface area contributed by atoms with Crippen molar-refractivity contribution in [2.24, 2.45) is 0 Å². The molecule has 0 unspecified atom stereocenters. The smallest absolute Gasteiger partial charge is 0.426 e. The molecule has 1 N–H and O–H groups in total. The highest BCUT2D eigenvalue weighted by atomic mass is 16.5. The fourth-order valence-corrected chi connectivity index (χ4v) is 0.833. The van der Waals surface area contributed by atoms with Gasteiger partial charge in [-0.25, -0.2) is 10.5 Å². The Morgan fingerprint density at radius 1 is 1.42 bits per heavy atom. The van der Waals surface area contributed by atoms with E-state index in [0.717, 1.165) is 11.1 Å². The maximum absolute atomic E-state index is 10.1. The fourth-order valence-electron chi connectivity index (χ4n) is 0.833. The predicted molar refractivity (Wildman–Crippen MR) is 44.5 cm³/mol. The van der Waals surface area contributed by atoms with Gasteiger partial charge in [0.25, 0.3) is 0 Å². The Morgan fingerprint density at radius 2 is 2.00 bits per heavy atom. The third-order valence-electron chi connectivity index (χ3n) is 1.49. The number of amides is 1. The number of nitrogens with one attached hydrogen (secondary N) is 1. The van der Waals surface area contributed by atoms with Crippen LogP contribution in [0, 0.1) is 6.92 Å². The molecule has 12 heavy (non-hydrogen) atoms. The highest BCUT2D eigenvalue weighted by Gasteiger charge is 1.96. The van der Waals surface area contributed by atoms with Crippen LogP contribution in [0.4, 0.5) is 4.79 Å². The second-order valence-electron chi connectivity index (χ2n) is 2.56. The van der Waals surface area contributed by atoms with E-state index in [1.807, 2.05) is 31.2 Å². The van der Waals surface area contributed by atoms with Crippen molar-refractivity contribution >= 4 is 6.09 Å². The summed E-state index contributed by atoms with van der Waals surface area (Å²) < 4.78 is 4.50. The summed E-state index contributed by atoms with van der Waals surface area (Å²) in [5.74, 6) is 0. The number of carbonyl (C=O) groups is 1. The van der Waals surface area contributed by atoms with Gasteiger partial charge in [0, 0.05) is 0 Å². The Balaban J connectivity index is 2.53. The molecule has 1 aromatic carbocycles. The van der Waals surface area contributed by atoms with E-state index in [4.69, 9.17) is 5.73 Å². The van der Waals surface area contributed by atoms with Crippen LogP contribution in [-0.2, 0) is 11.3 Å². The Morgan fingerprint density at radius 3 is 2.50 bits per heavy atom. The normalized spacial score (nSPS) is 9.42. The minimum atomic E-state index is -0.990. The molecule has 3 heteroatoms. The Kier molecular flexibility index (Phi) is 2.69. The molecule has 0 spiro atoms. The van der Waals surface area contributed by atoms with Crippen molar-refractivity contribution in [3.8, 4) is 0 Å². The second-order valence-corrected chi connectivity index (χ2v) is 2.56. The number of benzene rings is 1. The largest absolute Gasteiger partial charge is 0.443 e. The van der Waals surface area contributed by atoms with Gasteiger partial charge in [0.15, 0.2) is 0 Å². The predicted octanol–water partition coefficient (Wildman–Crippen LogP) is 1.91. The second kappa shape index (κ2) is 3.76. The highest BCUT2D eigenvalue weighted by molar-refractivity contribution is 5.63. The van der Waals surface area contributed by atoms with Gasteiger partial charge in [0.1, 0.15) is 6.61 Å². The van der Waals surface area contributed by atoms with Crippen molar-refractivity contribution in [1.82, 2.24) is 5.73 Å². The molecule has 1 aromatic rings. The van der Waals surface area contributed by atoms with E-state index >= 15 is 0 Å². The van der Waals surface area contributed by atoms with E-state index in [1.165, 1.54) is 0 Å². The lowest BCUT2D eigenvalue weighted by Gasteiger charge is -2.00. The summed E-state index contributed by atoms with van der Waals surface area (Å²) in [7, 11) is 0. The van der Waals surface area contributed by atoms with E-state index in [2.05, 4.69) is 4.74 Å². The zero-order valence-corrected chi connectivity index (χ0v) is 6.83. The minimum absolute atomic E-state index is 0.183. The summed E-state index contributed by atoms with van der Waals surface area (Å²) >= 11 is 0. The van der Waals surface area contributed by atoms with E-state index < -0.39 is 6.09 Å². The molecule has 0 atom stereocenters. The van der Waals surface area contributed by atoms with Crippen molar-refractivity contribution in [3.63, 3.8) is 0 Å². The highest BCUT2D eigenvalue weighted by Crippen LogP contribution is 2.04. The third-order valence-corrected chi connectivity index (χ3v) is 1.49. The number of rotatable bonds is 2. The maximum Gasteiger partial charge on any atom is 0.426 e. The van der Waals surface area contributed by atoms with Crippen molar-refractivity contribution in [1.29, 1.82) is 0 Å². The van der Waals surface area contributed by atoms with Gasteiger partial charge >= 0.3 is 6.09 Å². The lowest BCUT2D eigenvalue weighted by Crippen LogP contribution is -2.01. The van der Waals surface area contributed by atoms with Gasteiger partial charge < -0.3 is 4.74 Å².